The fraction of sp³-hybridized carbons (Fsp3) is 0.118. The molecule has 0 saturated heterocycles. The molecule has 0 saturated carbocycles. The Hall–Kier alpha value is -2.86. The van der Waals surface area contributed by atoms with Gasteiger partial charge in [0.1, 0.15) is 0 Å². The molecule has 1 heterocycles. The zero-order valence-corrected chi connectivity index (χ0v) is 13.2. The summed E-state index contributed by atoms with van der Waals surface area (Å²) in [4.78, 5) is 19.3. The molecule has 0 aliphatic rings. The van der Waals surface area contributed by atoms with E-state index >= 15 is 0 Å². The molecule has 0 radical (unpaired) electrons. The molecule has 2 N–H and O–H groups in total. The van der Waals surface area contributed by atoms with Crippen LogP contribution in [0.4, 0.5) is 0 Å². The van der Waals surface area contributed by atoms with Gasteiger partial charge in [0.25, 0.3) is 0 Å². The van der Waals surface area contributed by atoms with Crippen LogP contribution in [0.3, 0.4) is 0 Å². The molecule has 0 bridgehead atoms. The van der Waals surface area contributed by atoms with Crippen molar-refractivity contribution in [1.29, 1.82) is 0 Å². The molecule has 6 nitrogen and oxygen atoms in total. The van der Waals surface area contributed by atoms with Gasteiger partial charge in [0.05, 0.1) is 36.0 Å². The molecule has 0 spiro atoms. The first kappa shape index (κ1) is 16.0. The molecule has 3 aromatic rings. The smallest absolute Gasteiger partial charge is 0.306 e. The van der Waals surface area contributed by atoms with Crippen LogP contribution in [0.25, 0.3) is 22.3 Å². The zero-order valence-electron chi connectivity index (χ0n) is 12.4. The summed E-state index contributed by atoms with van der Waals surface area (Å²) in [7, 11) is 0. The van der Waals surface area contributed by atoms with Crippen molar-refractivity contribution in [3.05, 3.63) is 47.6 Å². The molecule has 0 aliphatic heterocycles. The molecular formula is C17H13ClN2O4. The van der Waals surface area contributed by atoms with E-state index in [1.807, 2.05) is 0 Å². The summed E-state index contributed by atoms with van der Waals surface area (Å²) in [6, 6.07) is 10.0. The van der Waals surface area contributed by atoms with E-state index in [9.17, 15) is 9.90 Å². The van der Waals surface area contributed by atoms with Crippen molar-refractivity contribution in [1.82, 2.24) is 9.97 Å². The van der Waals surface area contributed by atoms with Gasteiger partial charge in [-0.15, -0.1) is 0 Å². The summed E-state index contributed by atoms with van der Waals surface area (Å²) in [5, 5.41) is 19.2. The van der Waals surface area contributed by atoms with Gasteiger partial charge in [0.15, 0.2) is 11.5 Å². The van der Waals surface area contributed by atoms with Crippen LogP contribution in [0.1, 0.15) is 6.42 Å². The summed E-state index contributed by atoms with van der Waals surface area (Å²) in [6.45, 7) is -0.0151. The Morgan fingerprint density at radius 2 is 2.00 bits per heavy atom. The largest absolute Gasteiger partial charge is 0.504 e. The van der Waals surface area contributed by atoms with E-state index in [0.717, 1.165) is 0 Å². The number of halogens is 1. The molecule has 7 heteroatoms. The quantitative estimate of drug-likeness (QED) is 0.735. The molecule has 0 unspecified atom stereocenters. The SMILES string of the molecule is O=C(O)CCOc1ccc(-c2cnc3cc(Cl)ccc3n2)cc1O. The highest BCUT2D eigenvalue weighted by atomic mass is 35.5. The minimum atomic E-state index is -0.961. The minimum absolute atomic E-state index is 0.0151. The van der Waals surface area contributed by atoms with Gasteiger partial charge in [-0.25, -0.2) is 4.98 Å². The number of phenolic OH excluding ortho intramolecular Hbond substituents is 1. The van der Waals surface area contributed by atoms with Crippen molar-refractivity contribution >= 4 is 28.6 Å². The van der Waals surface area contributed by atoms with E-state index in [2.05, 4.69) is 9.97 Å². The van der Waals surface area contributed by atoms with Gasteiger partial charge in [-0.1, -0.05) is 11.6 Å². The van der Waals surface area contributed by atoms with E-state index in [1.54, 1.807) is 36.5 Å². The molecule has 122 valence electrons. The summed E-state index contributed by atoms with van der Waals surface area (Å²) >= 11 is 5.92. The number of nitrogens with zero attached hydrogens (tertiary/aromatic N) is 2. The highest BCUT2D eigenvalue weighted by Crippen LogP contribution is 2.31. The first-order valence-corrected chi connectivity index (χ1v) is 7.51. The maximum atomic E-state index is 10.5. The third kappa shape index (κ3) is 3.55. The summed E-state index contributed by atoms with van der Waals surface area (Å²) in [5.74, 6) is -0.825. The second-order valence-electron chi connectivity index (χ2n) is 5.06. The minimum Gasteiger partial charge on any atom is -0.504 e. The van der Waals surface area contributed by atoms with Crippen LogP contribution in [-0.2, 0) is 4.79 Å². The fourth-order valence-corrected chi connectivity index (χ4v) is 2.34. The molecular weight excluding hydrogens is 332 g/mol. The molecule has 0 amide bonds. The van der Waals surface area contributed by atoms with E-state index in [4.69, 9.17) is 21.4 Å². The predicted octanol–water partition coefficient (Wildman–Crippen LogP) is 3.51. The lowest BCUT2D eigenvalue weighted by Gasteiger charge is -2.09. The lowest BCUT2D eigenvalue weighted by atomic mass is 10.1. The van der Waals surface area contributed by atoms with E-state index in [1.165, 1.54) is 6.07 Å². The van der Waals surface area contributed by atoms with Crippen LogP contribution in [0, 0.1) is 0 Å². The highest BCUT2D eigenvalue weighted by molar-refractivity contribution is 6.31. The van der Waals surface area contributed by atoms with Crippen LogP contribution in [0.5, 0.6) is 11.5 Å². The first-order valence-electron chi connectivity index (χ1n) is 7.13. The number of aromatic nitrogens is 2. The maximum Gasteiger partial charge on any atom is 0.306 e. The molecule has 0 atom stereocenters. The molecule has 3 rings (SSSR count). The third-order valence-corrected chi connectivity index (χ3v) is 3.57. The lowest BCUT2D eigenvalue weighted by molar-refractivity contribution is -0.137. The molecule has 24 heavy (non-hydrogen) atoms. The van der Waals surface area contributed by atoms with Gasteiger partial charge in [-0.05, 0) is 36.4 Å². The van der Waals surface area contributed by atoms with Crippen molar-refractivity contribution < 1.29 is 19.7 Å². The molecule has 1 aromatic heterocycles. The molecule has 0 fully saturated rings. The van der Waals surface area contributed by atoms with E-state index in [-0.39, 0.29) is 24.5 Å². The standard InChI is InChI=1S/C17H13ClN2O4/c18-11-2-3-12-13(8-11)19-9-14(20-12)10-1-4-16(15(21)7-10)24-6-5-17(22)23/h1-4,7-9,21H,5-6H2,(H,22,23). The van der Waals surface area contributed by atoms with Crippen LogP contribution >= 0.6 is 11.6 Å². The predicted molar refractivity (Wildman–Crippen MR) is 89.4 cm³/mol. The van der Waals surface area contributed by atoms with Gasteiger partial charge in [0.2, 0.25) is 0 Å². The van der Waals surface area contributed by atoms with Crippen molar-refractivity contribution in [3.8, 4) is 22.8 Å². The monoisotopic (exact) mass is 344 g/mol. The van der Waals surface area contributed by atoms with Crippen LogP contribution in [-0.4, -0.2) is 32.8 Å². The number of aliphatic carboxylic acids is 1. The third-order valence-electron chi connectivity index (χ3n) is 3.33. The Morgan fingerprint density at radius 3 is 2.75 bits per heavy atom. The number of fused-ring (bicyclic) bond motifs is 1. The average molecular weight is 345 g/mol. The Morgan fingerprint density at radius 1 is 1.17 bits per heavy atom. The van der Waals surface area contributed by atoms with Crippen LogP contribution in [0.15, 0.2) is 42.6 Å². The number of hydrogen-bond donors (Lipinski definition) is 2. The number of ether oxygens (including phenoxy) is 1. The Kier molecular flexibility index (Phi) is 4.48. The topological polar surface area (TPSA) is 92.5 Å². The lowest BCUT2D eigenvalue weighted by Crippen LogP contribution is -2.04. The van der Waals surface area contributed by atoms with Gasteiger partial charge in [-0.3, -0.25) is 9.78 Å². The van der Waals surface area contributed by atoms with Crippen molar-refractivity contribution in [2.75, 3.05) is 6.61 Å². The number of rotatable bonds is 5. The van der Waals surface area contributed by atoms with E-state index in [0.29, 0.717) is 27.3 Å². The Balaban J connectivity index is 1.85. The number of aromatic hydroxyl groups is 1. The van der Waals surface area contributed by atoms with Gasteiger partial charge in [-0.2, -0.15) is 0 Å². The van der Waals surface area contributed by atoms with Gasteiger partial charge < -0.3 is 14.9 Å². The molecule has 2 aromatic carbocycles. The second-order valence-corrected chi connectivity index (χ2v) is 5.50. The number of benzene rings is 2. The van der Waals surface area contributed by atoms with E-state index < -0.39 is 5.97 Å². The van der Waals surface area contributed by atoms with Crippen LogP contribution < -0.4 is 4.74 Å². The molecule has 0 aliphatic carbocycles. The van der Waals surface area contributed by atoms with Crippen LogP contribution in [0.2, 0.25) is 5.02 Å². The first-order chi connectivity index (χ1) is 11.5. The second kappa shape index (κ2) is 6.72. The Bertz CT molecular complexity index is 914. The number of hydrogen-bond acceptors (Lipinski definition) is 5. The number of carboxylic acids is 1. The maximum absolute atomic E-state index is 10.5. The number of carboxylic acid groups (broad SMARTS) is 1. The van der Waals surface area contributed by atoms with Crippen molar-refractivity contribution in [3.63, 3.8) is 0 Å². The highest BCUT2D eigenvalue weighted by Gasteiger charge is 2.09. The Labute approximate surface area is 142 Å². The number of phenols is 1. The number of carbonyl (C=O) groups is 1. The normalized spacial score (nSPS) is 10.7. The van der Waals surface area contributed by atoms with Crippen molar-refractivity contribution in [2.24, 2.45) is 0 Å². The summed E-state index contributed by atoms with van der Waals surface area (Å²) in [6.07, 6.45) is 1.46. The van der Waals surface area contributed by atoms with Gasteiger partial charge in [0, 0.05) is 10.6 Å². The van der Waals surface area contributed by atoms with Crippen molar-refractivity contribution in [2.45, 2.75) is 6.42 Å². The summed E-state index contributed by atoms with van der Waals surface area (Å²) < 4.78 is 5.24. The average Bonchev–Trinajstić information content (AvgIpc) is 2.55. The summed E-state index contributed by atoms with van der Waals surface area (Å²) in [5.41, 5.74) is 2.64. The zero-order chi connectivity index (χ0) is 17.1. The fourth-order valence-electron chi connectivity index (χ4n) is 2.17. The van der Waals surface area contributed by atoms with Gasteiger partial charge >= 0.3 is 5.97 Å².